The van der Waals surface area contributed by atoms with Crippen LogP contribution in [-0.4, -0.2) is 46.3 Å². The predicted molar refractivity (Wildman–Crippen MR) is 67.1 cm³/mol. The molecule has 1 saturated carbocycles. The molecule has 1 aliphatic carbocycles. The maximum absolute atomic E-state index is 12.2. The normalized spacial score (nSPS) is 23.8. The van der Waals surface area contributed by atoms with E-state index in [1.165, 1.54) is 16.7 Å². The van der Waals surface area contributed by atoms with Crippen LogP contribution in [0.1, 0.15) is 19.3 Å². The van der Waals surface area contributed by atoms with Gasteiger partial charge >= 0.3 is 5.97 Å². The molecule has 1 amide bonds. The first kappa shape index (κ1) is 13.1. The van der Waals surface area contributed by atoms with Gasteiger partial charge in [0, 0.05) is 24.1 Å². The molecule has 1 aliphatic heterocycles. The van der Waals surface area contributed by atoms with Crippen molar-refractivity contribution >= 4 is 29.4 Å². The highest BCUT2D eigenvalue weighted by Crippen LogP contribution is 2.40. The molecule has 0 aromatic heterocycles. The van der Waals surface area contributed by atoms with Crippen LogP contribution in [0.5, 0.6) is 0 Å². The van der Waals surface area contributed by atoms with Gasteiger partial charge in [0.05, 0.1) is 6.42 Å². The van der Waals surface area contributed by atoms with Gasteiger partial charge in [-0.15, -0.1) is 11.8 Å². The molecule has 98 valence electrons. The van der Waals surface area contributed by atoms with Gasteiger partial charge in [-0.25, -0.2) is 0 Å². The van der Waals surface area contributed by atoms with Crippen molar-refractivity contribution in [3.05, 3.63) is 11.1 Å². The average Bonchev–Trinajstić information content (AvgIpc) is 3.11. The molecule has 0 radical (unpaired) electrons. The van der Waals surface area contributed by atoms with Gasteiger partial charge in [-0.1, -0.05) is 0 Å². The standard InChI is InChI=1S/C12H15NO4S/c1-13-11(17)7(5-8(14)15)9(12(13)18-2)10(16)6-3-4-6/h6,12H,3-5H2,1-2H3,(H,14,15)/t12-/m0/s1. The molecule has 2 aliphatic rings. The van der Waals surface area contributed by atoms with Crippen LogP contribution >= 0.6 is 11.8 Å². The van der Waals surface area contributed by atoms with Gasteiger partial charge < -0.3 is 10.0 Å². The van der Waals surface area contributed by atoms with E-state index in [1.807, 2.05) is 6.26 Å². The van der Waals surface area contributed by atoms with Gasteiger partial charge in [-0.2, -0.15) is 0 Å². The van der Waals surface area contributed by atoms with Gasteiger partial charge in [-0.05, 0) is 19.1 Å². The number of Topliss-reactive ketones (excluding diaryl/α,β-unsaturated/α-hetero) is 1. The zero-order chi connectivity index (χ0) is 13.4. The summed E-state index contributed by atoms with van der Waals surface area (Å²) in [5.41, 5.74) is 0.584. The quantitative estimate of drug-likeness (QED) is 0.802. The van der Waals surface area contributed by atoms with Crippen LogP contribution in [0, 0.1) is 5.92 Å². The Morgan fingerprint density at radius 3 is 2.50 bits per heavy atom. The van der Waals surface area contributed by atoms with Crippen LogP contribution in [0.4, 0.5) is 0 Å². The van der Waals surface area contributed by atoms with Crippen molar-refractivity contribution in [3.8, 4) is 0 Å². The van der Waals surface area contributed by atoms with E-state index in [2.05, 4.69) is 0 Å². The van der Waals surface area contributed by atoms with Crippen LogP contribution in [0.3, 0.4) is 0 Å². The van der Waals surface area contributed by atoms with Crippen molar-refractivity contribution in [1.29, 1.82) is 0 Å². The Labute approximate surface area is 109 Å². The highest BCUT2D eigenvalue weighted by Gasteiger charge is 2.44. The summed E-state index contributed by atoms with van der Waals surface area (Å²) in [4.78, 5) is 36.5. The van der Waals surface area contributed by atoms with Crippen LogP contribution < -0.4 is 0 Å². The molecule has 1 fully saturated rings. The Kier molecular flexibility index (Phi) is 3.47. The third-order valence-electron chi connectivity index (χ3n) is 3.27. The van der Waals surface area contributed by atoms with Gasteiger partial charge in [0.1, 0.15) is 5.37 Å². The first-order valence-corrected chi connectivity index (χ1v) is 7.05. The Balaban J connectivity index is 2.40. The van der Waals surface area contributed by atoms with Crippen LogP contribution in [0.15, 0.2) is 11.1 Å². The van der Waals surface area contributed by atoms with E-state index in [4.69, 9.17) is 5.11 Å². The second-order valence-corrected chi connectivity index (χ2v) is 5.52. The summed E-state index contributed by atoms with van der Waals surface area (Å²) in [5, 5.41) is 8.53. The van der Waals surface area contributed by atoms with Gasteiger partial charge in [-0.3, -0.25) is 14.4 Å². The number of carbonyl (C=O) groups excluding carboxylic acids is 2. The second kappa shape index (κ2) is 4.76. The molecule has 0 aromatic rings. The molecule has 1 N–H and O–H groups in total. The molecule has 0 unspecified atom stereocenters. The summed E-state index contributed by atoms with van der Waals surface area (Å²) in [5.74, 6) is -1.45. The number of nitrogens with zero attached hydrogens (tertiary/aromatic N) is 1. The highest BCUT2D eigenvalue weighted by atomic mass is 32.2. The Morgan fingerprint density at radius 2 is 2.06 bits per heavy atom. The molecule has 0 spiro atoms. The smallest absolute Gasteiger partial charge is 0.308 e. The van der Waals surface area contributed by atoms with Crippen molar-refractivity contribution in [1.82, 2.24) is 4.90 Å². The first-order valence-electron chi connectivity index (χ1n) is 5.76. The fourth-order valence-corrected chi connectivity index (χ4v) is 3.12. The highest BCUT2D eigenvalue weighted by molar-refractivity contribution is 7.99. The molecule has 6 heteroatoms. The largest absolute Gasteiger partial charge is 0.481 e. The van der Waals surface area contributed by atoms with Crippen LogP contribution in [0.25, 0.3) is 0 Å². The number of ketones is 1. The first-order chi connectivity index (χ1) is 8.47. The maximum atomic E-state index is 12.2. The summed E-state index contributed by atoms with van der Waals surface area (Å²) in [6, 6.07) is 0. The molecule has 1 atom stereocenters. The fourth-order valence-electron chi connectivity index (χ4n) is 2.21. The number of carboxylic acid groups (broad SMARTS) is 1. The maximum Gasteiger partial charge on any atom is 0.308 e. The van der Waals surface area contributed by atoms with Gasteiger partial charge in [0.25, 0.3) is 5.91 Å². The lowest BCUT2D eigenvalue weighted by molar-refractivity contribution is -0.137. The predicted octanol–water partition coefficient (Wildman–Crippen LogP) is 0.898. The summed E-state index contributed by atoms with van der Waals surface area (Å²) in [7, 11) is 1.61. The third-order valence-corrected chi connectivity index (χ3v) is 4.27. The number of likely N-dealkylation sites (N-methyl/N-ethyl adjacent to an activating group) is 1. The van der Waals surface area contributed by atoms with E-state index in [1.54, 1.807) is 7.05 Å². The number of aliphatic carboxylic acids is 1. The Hall–Kier alpha value is -1.30. The average molecular weight is 269 g/mol. The minimum absolute atomic E-state index is 0.00209. The Bertz CT molecular complexity index is 453. The van der Waals surface area contributed by atoms with Crippen molar-refractivity contribution < 1.29 is 19.5 Å². The van der Waals surface area contributed by atoms with Crippen LogP contribution in [-0.2, 0) is 14.4 Å². The lowest BCUT2D eigenvalue weighted by atomic mass is 10.0. The summed E-state index contributed by atoms with van der Waals surface area (Å²) in [6.07, 6.45) is 3.15. The summed E-state index contributed by atoms with van der Waals surface area (Å²) in [6.45, 7) is 0. The summed E-state index contributed by atoms with van der Waals surface area (Å²) < 4.78 is 0. The van der Waals surface area contributed by atoms with E-state index in [0.29, 0.717) is 5.57 Å². The Morgan fingerprint density at radius 1 is 1.44 bits per heavy atom. The minimum Gasteiger partial charge on any atom is -0.481 e. The lowest BCUT2D eigenvalue weighted by Gasteiger charge is -2.20. The summed E-state index contributed by atoms with van der Waals surface area (Å²) >= 11 is 1.39. The topological polar surface area (TPSA) is 74.7 Å². The molecular formula is C12H15NO4S. The molecule has 18 heavy (non-hydrogen) atoms. The number of carbonyl (C=O) groups is 3. The van der Waals surface area contributed by atoms with E-state index in [-0.39, 0.29) is 35.0 Å². The number of rotatable bonds is 5. The SMILES string of the molecule is CS[C@H]1C(C(=O)C2CC2)=C(CC(=O)O)C(=O)N1C. The van der Waals surface area contributed by atoms with Crippen molar-refractivity contribution in [2.24, 2.45) is 5.92 Å². The van der Waals surface area contributed by atoms with Crippen molar-refractivity contribution in [2.45, 2.75) is 24.6 Å². The molecule has 0 saturated heterocycles. The number of hydrogen-bond acceptors (Lipinski definition) is 4. The van der Waals surface area contributed by atoms with Crippen LogP contribution in [0.2, 0.25) is 0 Å². The number of thioether (sulfide) groups is 1. The molecule has 1 heterocycles. The monoisotopic (exact) mass is 269 g/mol. The van der Waals surface area contributed by atoms with E-state index in [9.17, 15) is 14.4 Å². The zero-order valence-electron chi connectivity index (χ0n) is 10.3. The van der Waals surface area contributed by atoms with Gasteiger partial charge in [0.2, 0.25) is 0 Å². The second-order valence-electron chi connectivity index (χ2n) is 4.61. The third kappa shape index (κ3) is 2.16. The molecule has 0 aromatic carbocycles. The molecular weight excluding hydrogens is 254 g/mol. The minimum atomic E-state index is -1.07. The van der Waals surface area contributed by atoms with Gasteiger partial charge in [0.15, 0.2) is 5.78 Å². The van der Waals surface area contributed by atoms with E-state index < -0.39 is 5.97 Å². The molecule has 2 rings (SSSR count). The van der Waals surface area contributed by atoms with E-state index in [0.717, 1.165) is 12.8 Å². The number of amides is 1. The van der Waals surface area contributed by atoms with Crippen molar-refractivity contribution in [2.75, 3.05) is 13.3 Å². The molecule has 0 bridgehead atoms. The zero-order valence-corrected chi connectivity index (χ0v) is 11.1. The van der Waals surface area contributed by atoms with E-state index >= 15 is 0 Å². The fraction of sp³-hybridized carbons (Fsp3) is 0.583. The number of carboxylic acids is 1. The number of hydrogen-bond donors (Lipinski definition) is 1. The lowest BCUT2D eigenvalue weighted by Crippen LogP contribution is -2.30. The molecule has 5 nitrogen and oxygen atoms in total. The van der Waals surface area contributed by atoms with Crippen molar-refractivity contribution in [3.63, 3.8) is 0 Å².